The molecule has 3 N–H and O–H groups in total. The van der Waals surface area contributed by atoms with Gasteiger partial charge in [0, 0.05) is 23.7 Å². The number of fused-ring (bicyclic) bond motifs is 1. The van der Waals surface area contributed by atoms with Crippen molar-refractivity contribution in [2.75, 3.05) is 13.1 Å². The molecule has 6 nitrogen and oxygen atoms in total. The Hall–Kier alpha value is -2.41. The largest absolute Gasteiger partial charge is 0.350 e. The van der Waals surface area contributed by atoms with Crippen LogP contribution in [-0.2, 0) is 6.42 Å². The number of amides is 1. The number of aromatic nitrogens is 3. The molecule has 0 aliphatic carbocycles. The van der Waals surface area contributed by atoms with E-state index in [1.807, 2.05) is 31.2 Å². The van der Waals surface area contributed by atoms with Crippen molar-refractivity contribution in [3.63, 3.8) is 0 Å². The fraction of sp³-hybridized carbons (Fsp3) is 0.250. The molecule has 2 aromatic carbocycles. The number of rotatable bonds is 4. The second-order valence-electron chi connectivity index (χ2n) is 6.49. The van der Waals surface area contributed by atoms with Crippen molar-refractivity contribution >= 4 is 30.7 Å². The summed E-state index contributed by atoms with van der Waals surface area (Å²) in [4.78, 5) is 16.9. The first-order valence-corrected chi connectivity index (χ1v) is 8.79. The predicted molar refractivity (Wildman–Crippen MR) is 114 cm³/mol. The highest BCUT2D eigenvalue weighted by molar-refractivity contribution is 5.95. The fourth-order valence-electron chi connectivity index (χ4n) is 3.34. The number of carbonyl (C=O) groups is 1. The number of carbonyl (C=O) groups excluding carboxylic acids is 1. The maximum atomic E-state index is 12.6. The molecule has 1 amide bonds. The lowest BCUT2D eigenvalue weighted by Crippen LogP contribution is -2.38. The molecular weight excluding hydrogens is 397 g/mol. The van der Waals surface area contributed by atoms with Gasteiger partial charge < -0.3 is 10.6 Å². The molecule has 28 heavy (non-hydrogen) atoms. The Morgan fingerprint density at radius 1 is 1.18 bits per heavy atom. The molecule has 1 aromatic heterocycles. The summed E-state index contributed by atoms with van der Waals surface area (Å²) in [5.74, 6) is 1.25. The standard InChI is InChI=1S/C20H21N5O.2ClH/c1-13-23-19(25-24-13)15-6-4-7-16(11-15)20(26)22-12-18-17-8-3-2-5-14(17)9-10-21-18;;/h2-8,11,18,21H,9-10,12H2,1H3,(H,22,26)(H,23,24,25);2*1H. The quantitative estimate of drug-likeness (QED) is 0.605. The molecule has 0 spiro atoms. The summed E-state index contributed by atoms with van der Waals surface area (Å²) < 4.78 is 0. The van der Waals surface area contributed by atoms with Gasteiger partial charge in [-0.3, -0.25) is 9.89 Å². The zero-order valence-electron chi connectivity index (χ0n) is 15.4. The van der Waals surface area contributed by atoms with Gasteiger partial charge in [0.05, 0.1) is 0 Å². The van der Waals surface area contributed by atoms with Crippen LogP contribution in [0.5, 0.6) is 0 Å². The minimum absolute atomic E-state index is 0. The van der Waals surface area contributed by atoms with E-state index < -0.39 is 0 Å². The Bertz CT molecular complexity index is 944. The van der Waals surface area contributed by atoms with Crippen LogP contribution in [0.2, 0.25) is 0 Å². The van der Waals surface area contributed by atoms with Crippen molar-refractivity contribution < 1.29 is 4.79 Å². The van der Waals surface area contributed by atoms with Crippen LogP contribution < -0.4 is 10.6 Å². The van der Waals surface area contributed by atoms with E-state index in [1.54, 1.807) is 6.07 Å². The predicted octanol–water partition coefficient (Wildman–Crippen LogP) is 3.24. The van der Waals surface area contributed by atoms with Crippen molar-refractivity contribution in [3.8, 4) is 11.4 Å². The smallest absolute Gasteiger partial charge is 0.251 e. The van der Waals surface area contributed by atoms with Gasteiger partial charge in [0.25, 0.3) is 5.91 Å². The molecule has 2 heterocycles. The van der Waals surface area contributed by atoms with E-state index in [1.165, 1.54) is 11.1 Å². The SMILES string of the molecule is Cc1nc(-c2cccc(C(=O)NCC3NCCc4ccccc43)c2)n[nH]1.Cl.Cl. The fourth-order valence-corrected chi connectivity index (χ4v) is 3.34. The number of aromatic amines is 1. The summed E-state index contributed by atoms with van der Waals surface area (Å²) in [5, 5.41) is 13.5. The average molecular weight is 420 g/mol. The zero-order valence-corrected chi connectivity index (χ0v) is 17.1. The van der Waals surface area contributed by atoms with E-state index in [0.29, 0.717) is 17.9 Å². The van der Waals surface area contributed by atoms with Gasteiger partial charge in [-0.25, -0.2) is 4.98 Å². The molecule has 3 aromatic rings. The number of hydrogen-bond acceptors (Lipinski definition) is 4. The van der Waals surface area contributed by atoms with Gasteiger partial charge in [-0.15, -0.1) is 24.8 Å². The maximum Gasteiger partial charge on any atom is 0.251 e. The number of H-pyrrole nitrogens is 1. The summed E-state index contributed by atoms with van der Waals surface area (Å²) >= 11 is 0. The Balaban J connectivity index is 0.00000140. The Kier molecular flexibility index (Phi) is 7.57. The van der Waals surface area contributed by atoms with Crippen LogP contribution in [0.3, 0.4) is 0 Å². The molecule has 1 atom stereocenters. The van der Waals surface area contributed by atoms with Gasteiger partial charge in [0.15, 0.2) is 5.82 Å². The van der Waals surface area contributed by atoms with Gasteiger partial charge in [-0.05, 0) is 43.1 Å². The summed E-state index contributed by atoms with van der Waals surface area (Å²) in [7, 11) is 0. The zero-order chi connectivity index (χ0) is 17.9. The third kappa shape index (κ3) is 4.70. The number of nitrogens with zero attached hydrogens (tertiary/aromatic N) is 2. The monoisotopic (exact) mass is 419 g/mol. The first kappa shape index (κ1) is 21.9. The molecule has 1 aliphatic heterocycles. The molecule has 0 bridgehead atoms. The number of hydrogen-bond donors (Lipinski definition) is 3. The van der Waals surface area contributed by atoms with Crippen LogP contribution in [0.4, 0.5) is 0 Å². The van der Waals surface area contributed by atoms with Crippen LogP contribution in [0.25, 0.3) is 11.4 Å². The lowest BCUT2D eigenvalue weighted by Gasteiger charge is -2.27. The Labute approximate surface area is 176 Å². The van der Waals surface area contributed by atoms with Crippen molar-refractivity contribution in [2.24, 2.45) is 0 Å². The molecule has 0 saturated heterocycles. The van der Waals surface area contributed by atoms with Crippen molar-refractivity contribution in [1.29, 1.82) is 0 Å². The van der Waals surface area contributed by atoms with E-state index in [2.05, 4.69) is 44.0 Å². The Morgan fingerprint density at radius 2 is 2.00 bits per heavy atom. The van der Waals surface area contributed by atoms with E-state index >= 15 is 0 Å². The van der Waals surface area contributed by atoms with Crippen LogP contribution >= 0.6 is 24.8 Å². The molecular formula is C20H23Cl2N5O. The summed E-state index contributed by atoms with van der Waals surface area (Å²) in [6, 6.07) is 15.9. The molecule has 148 valence electrons. The highest BCUT2D eigenvalue weighted by atomic mass is 35.5. The number of halogens is 2. The van der Waals surface area contributed by atoms with E-state index in [9.17, 15) is 4.79 Å². The molecule has 8 heteroatoms. The van der Waals surface area contributed by atoms with E-state index in [4.69, 9.17) is 0 Å². The van der Waals surface area contributed by atoms with Crippen LogP contribution in [0, 0.1) is 6.92 Å². The number of nitrogens with one attached hydrogen (secondary N) is 3. The van der Waals surface area contributed by atoms with Crippen LogP contribution in [0.15, 0.2) is 48.5 Å². The van der Waals surface area contributed by atoms with E-state index in [0.717, 1.165) is 24.4 Å². The van der Waals surface area contributed by atoms with Gasteiger partial charge in [0.1, 0.15) is 5.82 Å². The minimum Gasteiger partial charge on any atom is -0.350 e. The topological polar surface area (TPSA) is 82.7 Å². The lowest BCUT2D eigenvalue weighted by molar-refractivity contribution is 0.0949. The first-order valence-electron chi connectivity index (χ1n) is 8.79. The summed E-state index contributed by atoms with van der Waals surface area (Å²) in [6.45, 7) is 3.33. The van der Waals surface area contributed by atoms with Crippen molar-refractivity contribution in [3.05, 3.63) is 71.0 Å². The third-order valence-corrected chi connectivity index (χ3v) is 4.66. The molecule has 1 unspecified atom stereocenters. The Morgan fingerprint density at radius 3 is 2.79 bits per heavy atom. The van der Waals surface area contributed by atoms with Crippen LogP contribution in [-0.4, -0.2) is 34.2 Å². The highest BCUT2D eigenvalue weighted by Gasteiger charge is 2.20. The molecule has 0 radical (unpaired) electrons. The van der Waals surface area contributed by atoms with Gasteiger partial charge >= 0.3 is 0 Å². The average Bonchev–Trinajstić information content (AvgIpc) is 3.12. The normalized spacial score (nSPS) is 15.0. The highest BCUT2D eigenvalue weighted by Crippen LogP contribution is 2.22. The minimum atomic E-state index is -0.0936. The lowest BCUT2D eigenvalue weighted by atomic mass is 9.94. The van der Waals surface area contributed by atoms with E-state index in [-0.39, 0.29) is 36.8 Å². The summed E-state index contributed by atoms with van der Waals surface area (Å²) in [5.41, 5.74) is 4.05. The molecule has 1 aliphatic rings. The van der Waals surface area contributed by atoms with Gasteiger partial charge in [-0.2, -0.15) is 5.10 Å². The van der Waals surface area contributed by atoms with Crippen molar-refractivity contribution in [2.45, 2.75) is 19.4 Å². The third-order valence-electron chi connectivity index (χ3n) is 4.66. The van der Waals surface area contributed by atoms with Gasteiger partial charge in [0.2, 0.25) is 0 Å². The van der Waals surface area contributed by atoms with Gasteiger partial charge in [-0.1, -0.05) is 36.4 Å². The van der Waals surface area contributed by atoms with Crippen LogP contribution in [0.1, 0.15) is 33.4 Å². The molecule has 0 saturated carbocycles. The number of benzene rings is 2. The van der Waals surface area contributed by atoms with Crippen molar-refractivity contribution in [1.82, 2.24) is 25.8 Å². The summed E-state index contributed by atoms with van der Waals surface area (Å²) in [6.07, 6.45) is 1.03. The molecule has 0 fully saturated rings. The molecule has 4 rings (SSSR count). The second kappa shape index (κ2) is 9.68. The number of aryl methyl sites for hydroxylation is 1. The second-order valence-corrected chi connectivity index (χ2v) is 6.49. The maximum absolute atomic E-state index is 12.6. The first-order chi connectivity index (χ1) is 12.7.